The van der Waals surface area contributed by atoms with Crippen LogP contribution in [-0.2, 0) is 11.3 Å². The Morgan fingerprint density at radius 1 is 1.27 bits per heavy atom. The van der Waals surface area contributed by atoms with Crippen molar-refractivity contribution < 1.29 is 27.1 Å². The molecule has 0 aliphatic rings. The van der Waals surface area contributed by atoms with Gasteiger partial charge < -0.3 is 19.4 Å². The topological polar surface area (TPSA) is 54.7 Å². The summed E-state index contributed by atoms with van der Waals surface area (Å²) < 4.78 is 48.7. The molecule has 2 rings (SSSR count). The Balaban J connectivity index is 2.01. The first-order chi connectivity index (χ1) is 12.3. The second kappa shape index (κ2) is 8.75. The number of para-hydroxylation sites is 1. The monoisotopic (exact) mass is 370 g/mol. The highest BCUT2D eigenvalue weighted by Gasteiger charge is 2.33. The summed E-state index contributed by atoms with van der Waals surface area (Å²) in [6.07, 6.45) is -3.13. The van der Waals surface area contributed by atoms with Crippen LogP contribution in [0.3, 0.4) is 0 Å². The van der Waals surface area contributed by atoms with Crippen LogP contribution in [0, 0.1) is 0 Å². The first kappa shape index (κ1) is 19.8. The summed E-state index contributed by atoms with van der Waals surface area (Å²) in [5, 5.41) is 2.95. The Labute approximate surface area is 149 Å². The van der Waals surface area contributed by atoms with Gasteiger partial charge in [0.2, 0.25) is 5.91 Å². The van der Waals surface area contributed by atoms with Gasteiger partial charge in [-0.25, -0.2) is 0 Å². The van der Waals surface area contributed by atoms with Crippen LogP contribution >= 0.6 is 0 Å². The van der Waals surface area contributed by atoms with E-state index in [0.29, 0.717) is 11.5 Å². The summed E-state index contributed by atoms with van der Waals surface area (Å²) in [6.45, 7) is -0.00488. The van der Waals surface area contributed by atoms with Crippen LogP contribution in [0.1, 0.15) is 24.3 Å². The zero-order chi connectivity index (χ0) is 19.2. The zero-order valence-corrected chi connectivity index (χ0v) is 14.5. The van der Waals surface area contributed by atoms with E-state index in [1.807, 2.05) is 25.1 Å². The highest BCUT2D eigenvalue weighted by atomic mass is 19.4. The predicted octanol–water partition coefficient (Wildman–Crippen LogP) is 3.53. The minimum absolute atomic E-state index is 0.240. The molecule has 0 aliphatic carbocycles. The summed E-state index contributed by atoms with van der Waals surface area (Å²) in [5.41, 5.74) is 0.816. The van der Waals surface area contributed by atoms with Crippen molar-refractivity contribution in [3.63, 3.8) is 0 Å². The lowest BCUT2D eigenvalue weighted by atomic mass is 10.1. The Morgan fingerprint density at radius 2 is 2.00 bits per heavy atom. The zero-order valence-electron chi connectivity index (χ0n) is 14.5. The molecule has 0 aliphatic heterocycles. The molecular formula is C18H21F3N2O3. The minimum Gasteiger partial charge on any atom is -0.496 e. The van der Waals surface area contributed by atoms with E-state index in [1.165, 1.54) is 19.4 Å². The molecule has 1 amide bonds. The number of hydrogen-bond donors (Lipinski definition) is 1. The van der Waals surface area contributed by atoms with Crippen LogP contribution < -0.4 is 10.1 Å². The van der Waals surface area contributed by atoms with Gasteiger partial charge in [-0.3, -0.25) is 4.79 Å². The smallest absolute Gasteiger partial charge is 0.406 e. The third-order valence-corrected chi connectivity index (χ3v) is 3.81. The maximum absolute atomic E-state index is 12.8. The molecule has 142 valence electrons. The van der Waals surface area contributed by atoms with Crippen LogP contribution in [0.15, 0.2) is 47.1 Å². The molecule has 1 N–H and O–H groups in total. The highest BCUT2D eigenvalue weighted by molar-refractivity contribution is 5.78. The van der Waals surface area contributed by atoms with Crippen molar-refractivity contribution in [3.05, 3.63) is 54.0 Å². The third kappa shape index (κ3) is 5.80. The number of nitrogens with one attached hydrogen (secondary N) is 1. The Kier molecular flexibility index (Phi) is 6.68. The largest absolute Gasteiger partial charge is 0.496 e. The van der Waals surface area contributed by atoms with Gasteiger partial charge in [0.1, 0.15) is 18.1 Å². The molecule has 0 unspecified atom stereocenters. The molecule has 8 heteroatoms. The van der Waals surface area contributed by atoms with Gasteiger partial charge in [0.15, 0.2) is 0 Å². The average molecular weight is 370 g/mol. The molecule has 0 radical (unpaired) electrons. The Morgan fingerprint density at radius 3 is 2.62 bits per heavy atom. The normalized spacial score (nSPS) is 12.7. The number of carbonyl (C=O) groups is 1. The van der Waals surface area contributed by atoms with Crippen molar-refractivity contribution >= 4 is 5.91 Å². The second-order valence-electron chi connectivity index (χ2n) is 5.79. The van der Waals surface area contributed by atoms with E-state index < -0.39 is 18.6 Å². The second-order valence-corrected chi connectivity index (χ2v) is 5.79. The number of nitrogens with zero attached hydrogens (tertiary/aromatic N) is 1. The van der Waals surface area contributed by atoms with Crippen LogP contribution in [0.2, 0.25) is 0 Å². The lowest BCUT2D eigenvalue weighted by Crippen LogP contribution is -2.43. The Bertz CT molecular complexity index is 702. The van der Waals surface area contributed by atoms with Crippen molar-refractivity contribution in [2.24, 2.45) is 0 Å². The average Bonchev–Trinajstić information content (AvgIpc) is 3.10. The number of hydrogen-bond acceptors (Lipinski definition) is 4. The SMILES string of the molecule is COc1ccccc1[C@@H](C)NCC(=O)N(Cc1ccco1)CC(F)(F)F. The lowest BCUT2D eigenvalue weighted by molar-refractivity contribution is -0.162. The third-order valence-electron chi connectivity index (χ3n) is 3.81. The van der Waals surface area contributed by atoms with E-state index in [1.54, 1.807) is 12.1 Å². The molecule has 0 saturated carbocycles. The van der Waals surface area contributed by atoms with E-state index in [2.05, 4.69) is 5.32 Å². The number of furan rings is 1. The van der Waals surface area contributed by atoms with Gasteiger partial charge in [0.05, 0.1) is 26.5 Å². The number of ether oxygens (including phenoxy) is 1. The quantitative estimate of drug-likeness (QED) is 0.772. The molecule has 26 heavy (non-hydrogen) atoms. The number of carbonyl (C=O) groups excluding carboxylic acids is 1. The van der Waals surface area contributed by atoms with Gasteiger partial charge in [0, 0.05) is 11.6 Å². The van der Waals surface area contributed by atoms with Crippen molar-refractivity contribution in [3.8, 4) is 5.75 Å². The fraction of sp³-hybridized carbons (Fsp3) is 0.389. The first-order valence-corrected chi connectivity index (χ1v) is 8.03. The van der Waals surface area contributed by atoms with Crippen molar-refractivity contribution in [1.82, 2.24) is 10.2 Å². The maximum Gasteiger partial charge on any atom is 0.406 e. The van der Waals surface area contributed by atoms with Gasteiger partial charge in [0.25, 0.3) is 0 Å². The van der Waals surface area contributed by atoms with E-state index in [0.717, 1.165) is 10.5 Å². The molecule has 0 spiro atoms. The van der Waals surface area contributed by atoms with E-state index in [9.17, 15) is 18.0 Å². The molecule has 1 atom stereocenters. The highest BCUT2D eigenvalue weighted by Crippen LogP contribution is 2.24. The van der Waals surface area contributed by atoms with Gasteiger partial charge in [-0.15, -0.1) is 0 Å². The van der Waals surface area contributed by atoms with E-state index in [-0.39, 0.29) is 19.1 Å². The molecule has 1 aromatic heterocycles. The van der Waals surface area contributed by atoms with E-state index in [4.69, 9.17) is 9.15 Å². The molecule has 1 heterocycles. The molecule has 0 fully saturated rings. The Hall–Kier alpha value is -2.48. The van der Waals surface area contributed by atoms with Crippen molar-refractivity contribution in [2.75, 3.05) is 20.2 Å². The fourth-order valence-corrected chi connectivity index (χ4v) is 2.53. The molecule has 0 bridgehead atoms. The number of methoxy groups -OCH3 is 1. The predicted molar refractivity (Wildman–Crippen MR) is 89.6 cm³/mol. The number of benzene rings is 1. The summed E-state index contributed by atoms with van der Waals surface area (Å²) >= 11 is 0. The molecule has 0 saturated heterocycles. The number of amides is 1. The molecule has 1 aromatic carbocycles. The summed E-state index contributed by atoms with van der Waals surface area (Å²) in [7, 11) is 1.53. The number of alkyl halides is 3. The first-order valence-electron chi connectivity index (χ1n) is 8.03. The van der Waals surface area contributed by atoms with Gasteiger partial charge in [-0.05, 0) is 25.1 Å². The van der Waals surface area contributed by atoms with Crippen molar-refractivity contribution in [2.45, 2.75) is 25.7 Å². The summed E-state index contributed by atoms with van der Waals surface area (Å²) in [6, 6.07) is 10.1. The van der Waals surface area contributed by atoms with Crippen LogP contribution in [0.4, 0.5) is 13.2 Å². The molecular weight excluding hydrogens is 349 g/mol. The van der Waals surface area contributed by atoms with Crippen LogP contribution in [-0.4, -0.2) is 37.2 Å². The summed E-state index contributed by atoms with van der Waals surface area (Å²) in [5.74, 6) is 0.267. The fourth-order valence-electron chi connectivity index (χ4n) is 2.53. The number of halogens is 3. The van der Waals surface area contributed by atoms with E-state index >= 15 is 0 Å². The van der Waals surface area contributed by atoms with Gasteiger partial charge in [-0.2, -0.15) is 13.2 Å². The van der Waals surface area contributed by atoms with Crippen LogP contribution in [0.5, 0.6) is 5.75 Å². The van der Waals surface area contributed by atoms with Crippen LogP contribution in [0.25, 0.3) is 0 Å². The van der Waals surface area contributed by atoms with Gasteiger partial charge in [-0.1, -0.05) is 18.2 Å². The lowest BCUT2D eigenvalue weighted by Gasteiger charge is -2.24. The molecule has 5 nitrogen and oxygen atoms in total. The number of rotatable bonds is 8. The standard InChI is InChI=1S/C18H21F3N2O3/c1-13(15-7-3-4-8-16(15)25-2)22-10-17(24)23(12-18(19,20)21)11-14-6-5-9-26-14/h3-9,13,22H,10-12H2,1-2H3/t13-/m1/s1. The van der Waals surface area contributed by atoms with Crippen molar-refractivity contribution in [1.29, 1.82) is 0 Å². The minimum atomic E-state index is -4.49. The maximum atomic E-state index is 12.8. The summed E-state index contributed by atoms with van der Waals surface area (Å²) in [4.78, 5) is 13.1. The van der Waals surface area contributed by atoms with Gasteiger partial charge >= 0.3 is 6.18 Å². The molecule has 2 aromatic rings.